The lowest BCUT2D eigenvalue weighted by molar-refractivity contribution is -0.161. The number of carbonyl (C=O) groups excluding carboxylic acids is 4. The molecule has 0 heterocycles. The lowest BCUT2D eigenvalue weighted by Gasteiger charge is -2.21. The number of phosphoric ester groups is 2. The summed E-state index contributed by atoms with van der Waals surface area (Å²) < 4.78 is 67.6. The van der Waals surface area contributed by atoms with Gasteiger partial charge in [0.25, 0.3) is 0 Å². The largest absolute Gasteiger partial charge is 0.472 e. The molecule has 19 heteroatoms. The van der Waals surface area contributed by atoms with Crippen LogP contribution in [0.3, 0.4) is 0 Å². The van der Waals surface area contributed by atoms with Crippen LogP contribution < -0.4 is 0 Å². The molecule has 0 aliphatic rings. The van der Waals surface area contributed by atoms with Gasteiger partial charge in [0, 0.05) is 25.7 Å². The fourth-order valence-corrected chi connectivity index (χ4v) is 10.1. The molecule has 0 aliphatic heterocycles. The van der Waals surface area contributed by atoms with E-state index >= 15 is 0 Å². The van der Waals surface area contributed by atoms with Gasteiger partial charge in [-0.05, 0) is 31.6 Å². The molecule has 0 saturated carbocycles. The summed E-state index contributed by atoms with van der Waals surface area (Å²) in [6.45, 7) is 7.07. The maximum atomic E-state index is 12.9. The van der Waals surface area contributed by atoms with Crippen LogP contribution in [0.25, 0.3) is 0 Å². The van der Waals surface area contributed by atoms with Crippen LogP contribution in [0, 0.1) is 5.92 Å². The Bertz CT molecular complexity index is 1520. The van der Waals surface area contributed by atoms with Crippen molar-refractivity contribution in [2.45, 2.75) is 303 Å². The van der Waals surface area contributed by atoms with E-state index in [1.165, 1.54) is 96.3 Å². The first-order valence-electron chi connectivity index (χ1n) is 30.7. The molecule has 0 aromatic heterocycles. The fraction of sp³-hybridized carbons (Fsp3) is 0.931. The smallest absolute Gasteiger partial charge is 0.462 e. The standard InChI is InChI=1S/C58H112O17P2/c1-6-10-13-16-19-21-27-32-37-42-56(61)69-48-54(75-58(63)44-39-34-29-24-23-26-30-35-40-51(5)9-4)50-73-77(66,67)71-46-52(59)45-70-76(64,65)72-49-53(47-68-55(60)41-36-31-25-18-15-12-8-3)74-57(62)43-38-33-28-22-20-17-14-11-7-2/h51-54,59H,6-50H2,1-5H3,(H,64,65)(H,66,67)/t51?,52-,53+,54+/m0/s1. The zero-order chi connectivity index (χ0) is 57.1. The van der Waals surface area contributed by atoms with Gasteiger partial charge in [0.15, 0.2) is 12.2 Å². The molecule has 0 amide bonds. The Morgan fingerprint density at radius 2 is 0.623 bits per heavy atom. The summed E-state index contributed by atoms with van der Waals surface area (Å²) >= 11 is 0. The Balaban J connectivity index is 5.21. The van der Waals surface area contributed by atoms with E-state index in [0.29, 0.717) is 25.7 Å². The van der Waals surface area contributed by atoms with Crippen LogP contribution in [0.2, 0.25) is 0 Å². The highest BCUT2D eigenvalue weighted by molar-refractivity contribution is 7.47. The number of ether oxygens (including phenoxy) is 4. The van der Waals surface area contributed by atoms with Crippen LogP contribution >= 0.6 is 15.6 Å². The van der Waals surface area contributed by atoms with Crippen LogP contribution in [0.1, 0.15) is 285 Å². The van der Waals surface area contributed by atoms with Gasteiger partial charge in [0.2, 0.25) is 0 Å². The number of hydrogen-bond donors (Lipinski definition) is 3. The van der Waals surface area contributed by atoms with Crippen molar-refractivity contribution in [1.82, 2.24) is 0 Å². The molecule has 17 nitrogen and oxygen atoms in total. The molecule has 77 heavy (non-hydrogen) atoms. The maximum absolute atomic E-state index is 12.9. The monoisotopic (exact) mass is 1140 g/mol. The molecular formula is C58H112O17P2. The van der Waals surface area contributed by atoms with Gasteiger partial charge in [-0.1, -0.05) is 234 Å². The maximum Gasteiger partial charge on any atom is 0.472 e. The highest BCUT2D eigenvalue weighted by Gasteiger charge is 2.30. The SMILES string of the molecule is CCCCCCCCCCCC(=O)OC[C@H](COP(=O)(O)OC[C@@H](O)COP(=O)(O)OC[C@@H](COC(=O)CCCCCCCCC)OC(=O)CCCCCCCCCCC)OC(=O)CCCCCCCCCCC(C)CC. The van der Waals surface area contributed by atoms with Crippen molar-refractivity contribution in [3.8, 4) is 0 Å². The molecule has 3 N–H and O–H groups in total. The Morgan fingerprint density at radius 3 is 0.922 bits per heavy atom. The van der Waals surface area contributed by atoms with Gasteiger partial charge in [-0.3, -0.25) is 37.3 Å². The summed E-state index contributed by atoms with van der Waals surface area (Å²) in [7, 11) is -9.87. The highest BCUT2D eigenvalue weighted by Crippen LogP contribution is 2.45. The predicted octanol–water partition coefficient (Wildman–Crippen LogP) is 15.5. The van der Waals surface area contributed by atoms with Crippen LogP contribution in [0.5, 0.6) is 0 Å². The lowest BCUT2D eigenvalue weighted by atomic mass is 9.99. The zero-order valence-corrected chi connectivity index (χ0v) is 50.9. The summed E-state index contributed by atoms with van der Waals surface area (Å²) in [6.07, 6.45) is 33.5. The highest BCUT2D eigenvalue weighted by atomic mass is 31.2. The van der Waals surface area contributed by atoms with E-state index in [0.717, 1.165) is 109 Å². The van der Waals surface area contributed by atoms with Crippen LogP contribution in [-0.2, 0) is 65.4 Å². The Morgan fingerprint density at radius 1 is 0.364 bits per heavy atom. The van der Waals surface area contributed by atoms with Crippen molar-refractivity contribution >= 4 is 39.5 Å². The molecule has 0 fully saturated rings. The number of hydrogen-bond acceptors (Lipinski definition) is 15. The third kappa shape index (κ3) is 51.9. The second kappa shape index (κ2) is 52.2. The normalized spacial score (nSPS) is 14.8. The minimum Gasteiger partial charge on any atom is -0.462 e. The molecule has 3 unspecified atom stereocenters. The minimum absolute atomic E-state index is 0.105. The first-order valence-corrected chi connectivity index (χ1v) is 33.7. The van der Waals surface area contributed by atoms with Gasteiger partial charge in [-0.2, -0.15) is 0 Å². The zero-order valence-electron chi connectivity index (χ0n) is 49.1. The van der Waals surface area contributed by atoms with Crippen molar-refractivity contribution in [1.29, 1.82) is 0 Å². The van der Waals surface area contributed by atoms with Crippen LogP contribution in [0.15, 0.2) is 0 Å². The first-order chi connectivity index (χ1) is 37.1. The second-order valence-electron chi connectivity index (χ2n) is 21.3. The Hall–Kier alpha value is -1.94. The van der Waals surface area contributed by atoms with E-state index in [2.05, 4.69) is 34.6 Å². The Labute approximate surface area is 467 Å². The molecule has 0 aromatic carbocycles. The lowest BCUT2D eigenvalue weighted by Crippen LogP contribution is -2.30. The van der Waals surface area contributed by atoms with Crippen molar-refractivity contribution in [2.75, 3.05) is 39.6 Å². The Kier molecular flexibility index (Phi) is 50.8. The molecule has 0 spiro atoms. The molecule has 0 saturated heterocycles. The molecule has 0 radical (unpaired) electrons. The van der Waals surface area contributed by atoms with E-state index in [1.54, 1.807) is 0 Å². The van der Waals surface area contributed by atoms with Crippen molar-refractivity contribution in [3.63, 3.8) is 0 Å². The number of aliphatic hydroxyl groups excluding tert-OH is 1. The van der Waals surface area contributed by atoms with E-state index in [-0.39, 0.29) is 25.7 Å². The number of aliphatic hydroxyl groups is 1. The van der Waals surface area contributed by atoms with Gasteiger partial charge < -0.3 is 33.8 Å². The van der Waals surface area contributed by atoms with Crippen molar-refractivity contribution in [3.05, 3.63) is 0 Å². The van der Waals surface area contributed by atoms with Gasteiger partial charge in [0.05, 0.1) is 26.4 Å². The van der Waals surface area contributed by atoms with Gasteiger partial charge >= 0.3 is 39.5 Å². The summed E-state index contributed by atoms with van der Waals surface area (Å²) in [4.78, 5) is 71.7. The topological polar surface area (TPSA) is 237 Å². The summed E-state index contributed by atoms with van der Waals surface area (Å²) in [5.74, 6) is -1.38. The number of carbonyl (C=O) groups is 4. The summed E-state index contributed by atoms with van der Waals surface area (Å²) in [6, 6.07) is 0. The summed E-state index contributed by atoms with van der Waals surface area (Å²) in [5.41, 5.74) is 0. The number of phosphoric acid groups is 2. The van der Waals surface area contributed by atoms with Crippen LogP contribution in [-0.4, -0.2) is 96.7 Å². The van der Waals surface area contributed by atoms with Crippen molar-refractivity contribution in [2.24, 2.45) is 5.92 Å². The average molecular weight is 1140 g/mol. The molecule has 0 rings (SSSR count). The first kappa shape index (κ1) is 75.1. The van der Waals surface area contributed by atoms with Crippen LogP contribution in [0.4, 0.5) is 0 Å². The molecular weight excluding hydrogens is 1030 g/mol. The predicted molar refractivity (Wildman–Crippen MR) is 303 cm³/mol. The van der Waals surface area contributed by atoms with Gasteiger partial charge in [-0.15, -0.1) is 0 Å². The van der Waals surface area contributed by atoms with E-state index in [1.807, 2.05) is 0 Å². The third-order valence-electron chi connectivity index (χ3n) is 13.6. The van der Waals surface area contributed by atoms with E-state index < -0.39 is 97.5 Å². The summed E-state index contributed by atoms with van der Waals surface area (Å²) in [5, 5.41) is 10.5. The van der Waals surface area contributed by atoms with Crippen molar-refractivity contribution < 1.29 is 80.2 Å². The fourth-order valence-electron chi connectivity index (χ4n) is 8.49. The number of esters is 4. The molecule has 0 aromatic rings. The molecule has 6 atom stereocenters. The minimum atomic E-state index is -4.94. The average Bonchev–Trinajstić information content (AvgIpc) is 3.40. The third-order valence-corrected chi connectivity index (χ3v) is 15.5. The molecule has 0 aliphatic carbocycles. The molecule has 0 bridgehead atoms. The quantitative estimate of drug-likeness (QED) is 0.0222. The van der Waals surface area contributed by atoms with Gasteiger partial charge in [-0.25, -0.2) is 9.13 Å². The number of unbranched alkanes of at least 4 members (excludes halogenated alkanes) is 29. The van der Waals surface area contributed by atoms with E-state index in [4.69, 9.17) is 37.0 Å². The second-order valence-corrected chi connectivity index (χ2v) is 24.2. The molecule has 456 valence electrons. The van der Waals surface area contributed by atoms with E-state index in [9.17, 15) is 43.2 Å². The van der Waals surface area contributed by atoms with Gasteiger partial charge in [0.1, 0.15) is 19.3 Å². The number of rotatable bonds is 58.